The third-order valence-corrected chi connectivity index (χ3v) is 4.50. The van der Waals surface area contributed by atoms with E-state index in [1.807, 2.05) is 0 Å². The van der Waals surface area contributed by atoms with Gasteiger partial charge in [-0.25, -0.2) is 0 Å². The molecule has 2 aliphatic rings. The lowest BCUT2D eigenvalue weighted by Crippen LogP contribution is -2.33. The number of aliphatic hydroxyl groups excluding tert-OH is 1. The molecule has 1 aromatic carbocycles. The summed E-state index contributed by atoms with van der Waals surface area (Å²) in [5, 5.41) is 12.2. The van der Waals surface area contributed by atoms with Crippen molar-refractivity contribution < 1.29 is 9.90 Å². The molecule has 0 unspecified atom stereocenters. The molecule has 0 radical (unpaired) electrons. The number of hydrogen-bond donors (Lipinski definition) is 2. The molecule has 102 valence electrons. The van der Waals surface area contributed by atoms with Crippen LogP contribution in [0.4, 0.5) is 0 Å². The van der Waals surface area contributed by atoms with E-state index in [2.05, 4.69) is 23.5 Å². The summed E-state index contributed by atoms with van der Waals surface area (Å²) in [6, 6.07) is 6.55. The maximum absolute atomic E-state index is 11.9. The summed E-state index contributed by atoms with van der Waals surface area (Å²) < 4.78 is 0. The monoisotopic (exact) mass is 259 g/mol. The van der Waals surface area contributed by atoms with Gasteiger partial charge in [0.2, 0.25) is 5.91 Å². The second-order valence-corrected chi connectivity index (χ2v) is 5.93. The molecular formula is C16H21NO2. The van der Waals surface area contributed by atoms with Gasteiger partial charge in [0.25, 0.3) is 0 Å². The van der Waals surface area contributed by atoms with Crippen LogP contribution in [0.5, 0.6) is 0 Å². The normalized spacial score (nSPS) is 19.6. The number of aliphatic hydroxyl groups is 1. The number of hydrogen-bond acceptors (Lipinski definition) is 2. The summed E-state index contributed by atoms with van der Waals surface area (Å²) in [7, 11) is 0. The number of benzene rings is 1. The highest BCUT2D eigenvalue weighted by Crippen LogP contribution is 2.45. The second-order valence-electron chi connectivity index (χ2n) is 5.93. The third kappa shape index (κ3) is 2.52. The Labute approximate surface area is 114 Å². The maximum Gasteiger partial charge on any atom is 0.228 e. The second kappa shape index (κ2) is 4.97. The van der Waals surface area contributed by atoms with Gasteiger partial charge < -0.3 is 10.4 Å². The smallest absolute Gasteiger partial charge is 0.228 e. The molecular weight excluding hydrogens is 238 g/mol. The van der Waals surface area contributed by atoms with Crippen molar-refractivity contribution in [1.29, 1.82) is 0 Å². The van der Waals surface area contributed by atoms with Gasteiger partial charge in [0, 0.05) is 6.54 Å². The first kappa shape index (κ1) is 12.7. The fourth-order valence-electron chi connectivity index (χ4n) is 2.87. The minimum absolute atomic E-state index is 0.00715. The first-order chi connectivity index (χ1) is 9.23. The maximum atomic E-state index is 11.9. The number of carbonyl (C=O) groups is 1. The predicted octanol–water partition coefficient (Wildman–Crippen LogP) is 1.95. The zero-order chi connectivity index (χ0) is 13.3. The van der Waals surface area contributed by atoms with Crippen LogP contribution in [-0.2, 0) is 24.2 Å². The Morgan fingerprint density at radius 1 is 1.21 bits per heavy atom. The summed E-state index contributed by atoms with van der Waals surface area (Å²) in [5.41, 5.74) is 3.62. The van der Waals surface area contributed by atoms with E-state index in [-0.39, 0.29) is 12.5 Å². The number of carbonyl (C=O) groups excluding carboxylic acids is 1. The van der Waals surface area contributed by atoms with Crippen LogP contribution in [0.25, 0.3) is 0 Å². The van der Waals surface area contributed by atoms with Gasteiger partial charge in [-0.2, -0.15) is 0 Å². The van der Waals surface area contributed by atoms with Crippen molar-refractivity contribution in [2.45, 2.75) is 45.1 Å². The zero-order valence-corrected chi connectivity index (χ0v) is 11.2. The lowest BCUT2D eigenvalue weighted by molar-refractivity contribution is -0.127. The van der Waals surface area contributed by atoms with Crippen LogP contribution in [0.3, 0.4) is 0 Å². The third-order valence-electron chi connectivity index (χ3n) is 4.50. The quantitative estimate of drug-likeness (QED) is 0.868. The molecule has 3 rings (SSSR count). The molecule has 1 saturated carbocycles. The van der Waals surface area contributed by atoms with Crippen molar-refractivity contribution in [3.8, 4) is 0 Å². The molecule has 0 heterocycles. The van der Waals surface area contributed by atoms with E-state index in [4.69, 9.17) is 0 Å². The Morgan fingerprint density at radius 2 is 1.95 bits per heavy atom. The van der Waals surface area contributed by atoms with Gasteiger partial charge in [0.15, 0.2) is 0 Å². The first-order valence-electron chi connectivity index (χ1n) is 7.23. The number of nitrogens with one attached hydrogen (secondary N) is 1. The summed E-state index contributed by atoms with van der Waals surface area (Å²) >= 11 is 0. The van der Waals surface area contributed by atoms with Gasteiger partial charge in [-0.15, -0.1) is 0 Å². The molecule has 1 amide bonds. The fraction of sp³-hybridized carbons (Fsp3) is 0.562. The summed E-state index contributed by atoms with van der Waals surface area (Å²) in [6.07, 6.45) is 6.56. The average Bonchev–Trinajstić information content (AvgIpc) is 3.25. The molecule has 3 heteroatoms. The Hall–Kier alpha value is -1.35. The lowest BCUT2D eigenvalue weighted by atomic mass is 9.90. The average molecular weight is 259 g/mol. The topological polar surface area (TPSA) is 49.3 Å². The minimum Gasteiger partial charge on any atom is -0.395 e. The van der Waals surface area contributed by atoms with Gasteiger partial charge in [-0.05, 0) is 55.2 Å². The van der Waals surface area contributed by atoms with Crippen LogP contribution in [0.1, 0.15) is 42.4 Å². The molecule has 19 heavy (non-hydrogen) atoms. The number of aryl methyl sites for hydroxylation is 2. The molecule has 3 nitrogen and oxygen atoms in total. The van der Waals surface area contributed by atoms with Gasteiger partial charge >= 0.3 is 0 Å². The zero-order valence-electron chi connectivity index (χ0n) is 11.2. The summed E-state index contributed by atoms with van der Waals surface area (Å²) in [5.74, 6) is 0.00715. The van der Waals surface area contributed by atoms with Crippen LogP contribution < -0.4 is 5.32 Å². The minimum atomic E-state index is -0.464. The van der Waals surface area contributed by atoms with Crippen molar-refractivity contribution in [2.75, 3.05) is 6.61 Å². The van der Waals surface area contributed by atoms with Crippen LogP contribution in [0.15, 0.2) is 18.2 Å². The SMILES string of the molecule is O=C(NCc1ccc2c(c1)CCCC2)C1(CO)CC1. The van der Waals surface area contributed by atoms with Crippen molar-refractivity contribution in [3.05, 3.63) is 34.9 Å². The van der Waals surface area contributed by atoms with Crippen molar-refractivity contribution in [3.63, 3.8) is 0 Å². The highest BCUT2D eigenvalue weighted by atomic mass is 16.3. The highest BCUT2D eigenvalue weighted by Gasteiger charge is 2.49. The van der Waals surface area contributed by atoms with Crippen LogP contribution in [0.2, 0.25) is 0 Å². The summed E-state index contributed by atoms with van der Waals surface area (Å²) in [6.45, 7) is 0.552. The molecule has 0 atom stereocenters. The van der Waals surface area contributed by atoms with Crippen molar-refractivity contribution >= 4 is 5.91 Å². The molecule has 1 fully saturated rings. The first-order valence-corrected chi connectivity index (χ1v) is 7.23. The van der Waals surface area contributed by atoms with E-state index in [1.54, 1.807) is 0 Å². The molecule has 0 aromatic heterocycles. The molecule has 0 bridgehead atoms. The van der Waals surface area contributed by atoms with Crippen molar-refractivity contribution in [1.82, 2.24) is 5.32 Å². The lowest BCUT2D eigenvalue weighted by Gasteiger charge is -2.17. The Morgan fingerprint density at radius 3 is 2.63 bits per heavy atom. The van der Waals surface area contributed by atoms with E-state index in [1.165, 1.54) is 36.0 Å². The standard InChI is InChI=1S/C16H21NO2/c18-11-16(7-8-16)15(19)17-10-12-5-6-13-3-1-2-4-14(13)9-12/h5-6,9,18H,1-4,7-8,10-11H2,(H,17,19). The van der Waals surface area contributed by atoms with E-state index >= 15 is 0 Å². The van der Waals surface area contributed by atoms with Gasteiger partial charge in [-0.3, -0.25) is 4.79 Å². The molecule has 0 saturated heterocycles. The highest BCUT2D eigenvalue weighted by molar-refractivity contribution is 5.85. The van der Waals surface area contributed by atoms with E-state index in [0.717, 1.165) is 19.3 Å². The molecule has 2 aliphatic carbocycles. The van der Waals surface area contributed by atoms with Crippen LogP contribution >= 0.6 is 0 Å². The molecule has 1 aromatic rings. The number of amides is 1. The van der Waals surface area contributed by atoms with Gasteiger partial charge in [-0.1, -0.05) is 18.2 Å². The van der Waals surface area contributed by atoms with E-state index < -0.39 is 5.41 Å². The number of fused-ring (bicyclic) bond motifs is 1. The molecule has 0 spiro atoms. The molecule has 0 aliphatic heterocycles. The Balaban J connectivity index is 1.62. The van der Waals surface area contributed by atoms with Crippen LogP contribution in [-0.4, -0.2) is 17.6 Å². The van der Waals surface area contributed by atoms with Gasteiger partial charge in [0.05, 0.1) is 12.0 Å². The number of rotatable bonds is 4. The van der Waals surface area contributed by atoms with Gasteiger partial charge in [0.1, 0.15) is 0 Å². The Bertz CT molecular complexity index is 492. The van der Waals surface area contributed by atoms with Crippen LogP contribution in [0, 0.1) is 5.41 Å². The van der Waals surface area contributed by atoms with Crippen molar-refractivity contribution in [2.24, 2.45) is 5.41 Å². The largest absolute Gasteiger partial charge is 0.395 e. The predicted molar refractivity (Wildman–Crippen MR) is 73.7 cm³/mol. The molecule has 2 N–H and O–H groups in total. The van der Waals surface area contributed by atoms with E-state index in [9.17, 15) is 9.90 Å². The Kier molecular flexibility index (Phi) is 3.31. The van der Waals surface area contributed by atoms with E-state index in [0.29, 0.717) is 6.54 Å². The summed E-state index contributed by atoms with van der Waals surface area (Å²) in [4.78, 5) is 11.9. The fourth-order valence-corrected chi connectivity index (χ4v) is 2.87.